The molecule has 5 heteroatoms. The van der Waals surface area contributed by atoms with E-state index < -0.39 is 17.6 Å². The number of hydrogen-bond donors (Lipinski definition) is 0. The largest absolute Gasteiger partial charge is 0.469 e. The Morgan fingerprint density at radius 1 is 1.29 bits per heavy atom. The van der Waals surface area contributed by atoms with Gasteiger partial charge < -0.3 is 4.74 Å². The number of rotatable bonds is 2. The third kappa shape index (κ3) is 2.38. The van der Waals surface area contributed by atoms with E-state index in [1.165, 1.54) is 7.11 Å². The summed E-state index contributed by atoms with van der Waals surface area (Å²) < 4.78 is 30.4. The number of aromatic nitrogens is 1. The highest BCUT2D eigenvalue weighted by atomic mass is 19.2. The number of ether oxygens (including phenoxy) is 1. The molecule has 1 aromatic heterocycles. The molecule has 0 spiro atoms. The zero-order valence-corrected chi connectivity index (χ0v) is 9.04. The van der Waals surface area contributed by atoms with Gasteiger partial charge in [0, 0.05) is 11.5 Å². The van der Waals surface area contributed by atoms with Crippen molar-refractivity contribution in [3.8, 4) is 0 Å². The molecule has 0 aliphatic carbocycles. The Morgan fingerprint density at radius 3 is 2.71 bits per heavy atom. The van der Waals surface area contributed by atoms with Crippen LogP contribution in [0.15, 0.2) is 24.3 Å². The summed E-state index contributed by atoms with van der Waals surface area (Å²) >= 11 is 0. The SMILES string of the molecule is COC(=O)Cc1ccc2cc(F)c(F)cc2n1. The molecule has 0 atom stereocenters. The number of carbonyl (C=O) groups excluding carboxylic acids is 1. The highest BCUT2D eigenvalue weighted by Crippen LogP contribution is 2.17. The number of halogens is 2. The van der Waals surface area contributed by atoms with Crippen molar-refractivity contribution in [3.05, 3.63) is 41.6 Å². The van der Waals surface area contributed by atoms with E-state index in [1.807, 2.05) is 0 Å². The van der Waals surface area contributed by atoms with E-state index in [-0.39, 0.29) is 6.42 Å². The first-order valence-corrected chi connectivity index (χ1v) is 4.91. The Balaban J connectivity index is 2.43. The second-order valence-electron chi connectivity index (χ2n) is 3.51. The summed E-state index contributed by atoms with van der Waals surface area (Å²) in [6.07, 6.45) is 0.00539. The topological polar surface area (TPSA) is 39.2 Å². The van der Waals surface area contributed by atoms with Crippen LogP contribution < -0.4 is 0 Å². The zero-order chi connectivity index (χ0) is 12.4. The van der Waals surface area contributed by atoms with E-state index in [0.29, 0.717) is 16.6 Å². The van der Waals surface area contributed by atoms with Gasteiger partial charge in [0.15, 0.2) is 11.6 Å². The van der Waals surface area contributed by atoms with Crippen LogP contribution in [0.3, 0.4) is 0 Å². The molecule has 0 aliphatic rings. The van der Waals surface area contributed by atoms with Crippen molar-refractivity contribution in [3.63, 3.8) is 0 Å². The lowest BCUT2D eigenvalue weighted by molar-refractivity contribution is -0.139. The molecule has 0 amide bonds. The fourth-order valence-electron chi connectivity index (χ4n) is 1.48. The number of nitrogens with zero attached hydrogens (tertiary/aromatic N) is 1. The van der Waals surface area contributed by atoms with Crippen LogP contribution in [0.4, 0.5) is 8.78 Å². The minimum atomic E-state index is -0.958. The lowest BCUT2D eigenvalue weighted by Gasteiger charge is -2.02. The van der Waals surface area contributed by atoms with Gasteiger partial charge in [0.05, 0.1) is 24.7 Å². The van der Waals surface area contributed by atoms with Gasteiger partial charge in [-0.25, -0.2) is 8.78 Å². The zero-order valence-electron chi connectivity index (χ0n) is 9.04. The number of methoxy groups -OCH3 is 1. The summed E-state index contributed by atoms with van der Waals surface area (Å²) in [7, 11) is 1.28. The van der Waals surface area contributed by atoms with Crippen molar-refractivity contribution >= 4 is 16.9 Å². The second-order valence-corrected chi connectivity index (χ2v) is 3.51. The van der Waals surface area contributed by atoms with Gasteiger partial charge in [0.25, 0.3) is 0 Å². The van der Waals surface area contributed by atoms with Gasteiger partial charge >= 0.3 is 5.97 Å². The van der Waals surface area contributed by atoms with Crippen LogP contribution in [0.5, 0.6) is 0 Å². The number of fused-ring (bicyclic) bond motifs is 1. The number of carbonyl (C=O) groups is 1. The van der Waals surface area contributed by atoms with Crippen LogP contribution in [0.1, 0.15) is 5.69 Å². The van der Waals surface area contributed by atoms with Crippen LogP contribution in [-0.2, 0) is 16.0 Å². The monoisotopic (exact) mass is 237 g/mol. The Bertz CT molecular complexity index is 584. The predicted molar refractivity (Wildman–Crippen MR) is 57.4 cm³/mol. The number of benzene rings is 1. The lowest BCUT2D eigenvalue weighted by atomic mass is 10.1. The molecule has 0 saturated carbocycles. The van der Waals surface area contributed by atoms with Crippen molar-refractivity contribution in [2.24, 2.45) is 0 Å². The van der Waals surface area contributed by atoms with Crippen molar-refractivity contribution in [1.29, 1.82) is 0 Å². The highest BCUT2D eigenvalue weighted by Gasteiger charge is 2.08. The van der Waals surface area contributed by atoms with Crippen LogP contribution in [0, 0.1) is 11.6 Å². The van der Waals surface area contributed by atoms with E-state index in [0.717, 1.165) is 12.1 Å². The van der Waals surface area contributed by atoms with Gasteiger partial charge in [0.2, 0.25) is 0 Å². The minimum Gasteiger partial charge on any atom is -0.469 e. The van der Waals surface area contributed by atoms with Crippen molar-refractivity contribution < 1.29 is 18.3 Å². The van der Waals surface area contributed by atoms with Crippen LogP contribution in [0.25, 0.3) is 10.9 Å². The molecule has 0 radical (unpaired) electrons. The molecule has 17 heavy (non-hydrogen) atoms. The third-order valence-corrected chi connectivity index (χ3v) is 2.34. The van der Waals surface area contributed by atoms with Crippen molar-refractivity contribution in [2.75, 3.05) is 7.11 Å². The Labute approximate surface area is 96.0 Å². The maximum Gasteiger partial charge on any atom is 0.311 e. The molecule has 2 rings (SSSR count). The maximum absolute atomic E-state index is 13.0. The Hall–Kier alpha value is -2.04. The predicted octanol–water partition coefficient (Wildman–Crippen LogP) is 2.23. The molecule has 0 saturated heterocycles. The van der Waals surface area contributed by atoms with Crippen LogP contribution in [-0.4, -0.2) is 18.1 Å². The molecule has 0 fully saturated rings. The fraction of sp³-hybridized carbons (Fsp3) is 0.167. The number of hydrogen-bond acceptors (Lipinski definition) is 3. The summed E-state index contributed by atoms with van der Waals surface area (Å²) in [5.74, 6) is -2.31. The van der Waals surface area contributed by atoms with Gasteiger partial charge in [0.1, 0.15) is 0 Å². The van der Waals surface area contributed by atoms with E-state index >= 15 is 0 Å². The van der Waals surface area contributed by atoms with Gasteiger partial charge in [-0.2, -0.15) is 0 Å². The number of pyridine rings is 1. The summed E-state index contributed by atoms with van der Waals surface area (Å²) in [6.45, 7) is 0. The van der Waals surface area contributed by atoms with Crippen molar-refractivity contribution in [2.45, 2.75) is 6.42 Å². The first-order valence-electron chi connectivity index (χ1n) is 4.91. The van der Waals surface area contributed by atoms with Gasteiger partial charge in [-0.05, 0) is 12.1 Å². The smallest absolute Gasteiger partial charge is 0.311 e. The molecule has 0 aliphatic heterocycles. The molecule has 1 aromatic carbocycles. The number of esters is 1. The molecule has 88 valence electrons. The first kappa shape index (κ1) is 11.4. The summed E-state index contributed by atoms with van der Waals surface area (Å²) in [4.78, 5) is 15.1. The van der Waals surface area contributed by atoms with E-state index in [1.54, 1.807) is 12.1 Å². The van der Waals surface area contributed by atoms with Gasteiger partial charge in [-0.15, -0.1) is 0 Å². The minimum absolute atomic E-state index is 0.00539. The average Bonchev–Trinajstić information content (AvgIpc) is 2.31. The second kappa shape index (κ2) is 4.45. The molecule has 1 heterocycles. The van der Waals surface area contributed by atoms with Gasteiger partial charge in [-0.1, -0.05) is 6.07 Å². The molecule has 2 aromatic rings. The standard InChI is InChI=1S/C12H9F2NO2/c1-17-12(16)5-8-3-2-7-4-9(13)10(14)6-11(7)15-8/h2-4,6H,5H2,1H3. The normalized spacial score (nSPS) is 10.5. The van der Waals surface area contributed by atoms with Crippen LogP contribution in [0.2, 0.25) is 0 Å². The van der Waals surface area contributed by atoms with E-state index in [9.17, 15) is 13.6 Å². The molecular weight excluding hydrogens is 228 g/mol. The lowest BCUT2D eigenvalue weighted by Crippen LogP contribution is -2.06. The molecular formula is C12H9F2NO2. The third-order valence-electron chi connectivity index (χ3n) is 2.34. The summed E-state index contributed by atoms with van der Waals surface area (Å²) in [6, 6.07) is 5.24. The van der Waals surface area contributed by atoms with E-state index in [2.05, 4.69) is 9.72 Å². The fourth-order valence-corrected chi connectivity index (χ4v) is 1.48. The molecule has 3 nitrogen and oxygen atoms in total. The van der Waals surface area contributed by atoms with Crippen molar-refractivity contribution in [1.82, 2.24) is 4.98 Å². The molecule has 0 unspecified atom stereocenters. The van der Waals surface area contributed by atoms with Crippen LogP contribution >= 0.6 is 0 Å². The van der Waals surface area contributed by atoms with E-state index in [4.69, 9.17) is 0 Å². The summed E-state index contributed by atoms with van der Waals surface area (Å²) in [5.41, 5.74) is 0.765. The highest BCUT2D eigenvalue weighted by molar-refractivity contribution is 5.80. The average molecular weight is 237 g/mol. The van der Waals surface area contributed by atoms with Gasteiger partial charge in [-0.3, -0.25) is 9.78 Å². The maximum atomic E-state index is 13.0. The Kier molecular flexibility index (Phi) is 2.99. The Morgan fingerprint density at radius 2 is 2.00 bits per heavy atom. The molecule has 0 bridgehead atoms. The molecule has 0 N–H and O–H groups in total. The first-order chi connectivity index (χ1) is 8.10. The quantitative estimate of drug-likeness (QED) is 0.752. The summed E-state index contributed by atoms with van der Waals surface area (Å²) in [5, 5.41) is 0.484.